The van der Waals surface area contributed by atoms with Crippen LogP contribution >= 0.6 is 23.1 Å². The summed E-state index contributed by atoms with van der Waals surface area (Å²) >= 11 is 3.22. The molecule has 0 bridgehead atoms. The van der Waals surface area contributed by atoms with Gasteiger partial charge < -0.3 is 10.2 Å². The Hall–Kier alpha value is -3.16. The van der Waals surface area contributed by atoms with Crippen molar-refractivity contribution in [3.63, 3.8) is 0 Å². The van der Waals surface area contributed by atoms with Crippen LogP contribution in [0.25, 0.3) is 20.8 Å². The van der Waals surface area contributed by atoms with E-state index >= 15 is 0 Å². The lowest BCUT2D eigenvalue weighted by Crippen LogP contribution is -2.44. The maximum Gasteiger partial charge on any atom is 0.255 e. The van der Waals surface area contributed by atoms with Crippen LogP contribution in [0.4, 0.5) is 5.69 Å². The molecule has 1 aliphatic heterocycles. The van der Waals surface area contributed by atoms with E-state index in [4.69, 9.17) is 4.98 Å². The fourth-order valence-corrected chi connectivity index (χ4v) is 5.67. The summed E-state index contributed by atoms with van der Waals surface area (Å²) in [5.41, 5.74) is 3.22. The molecule has 154 valence electrons. The Balaban J connectivity index is 1.34. The van der Waals surface area contributed by atoms with Crippen molar-refractivity contribution in [3.8, 4) is 10.6 Å². The van der Waals surface area contributed by atoms with Crippen LogP contribution in [0.3, 0.4) is 0 Å². The van der Waals surface area contributed by atoms with Crippen LogP contribution < -0.4 is 5.32 Å². The molecule has 7 heteroatoms. The topological polar surface area (TPSA) is 62.3 Å². The fourth-order valence-electron chi connectivity index (χ4n) is 3.56. The number of hydrogen-bond acceptors (Lipinski definition) is 5. The fraction of sp³-hybridized carbons (Fsp3) is 0.125. The summed E-state index contributed by atoms with van der Waals surface area (Å²) in [5.74, 6) is 0.809. The molecular formula is C24H19N3O2S2. The first-order valence-corrected chi connectivity index (χ1v) is 11.9. The minimum Gasteiger partial charge on any atom is -0.324 e. The number of carbonyl (C=O) groups excluding carboxylic acids is 2. The van der Waals surface area contributed by atoms with Gasteiger partial charge in [0.15, 0.2) is 0 Å². The number of fused-ring (bicyclic) bond motifs is 1. The Kier molecular flexibility index (Phi) is 5.44. The first kappa shape index (κ1) is 19.8. The van der Waals surface area contributed by atoms with E-state index in [9.17, 15) is 9.59 Å². The lowest BCUT2D eigenvalue weighted by atomic mass is 10.1. The Labute approximate surface area is 188 Å². The maximum atomic E-state index is 13.0. The van der Waals surface area contributed by atoms with E-state index in [-0.39, 0.29) is 11.8 Å². The molecule has 0 unspecified atom stereocenters. The predicted octanol–water partition coefficient (Wildman–Crippen LogP) is 5.12. The molecule has 5 nitrogen and oxygen atoms in total. The minimum atomic E-state index is -0.496. The van der Waals surface area contributed by atoms with Crippen molar-refractivity contribution in [1.29, 1.82) is 0 Å². The largest absolute Gasteiger partial charge is 0.324 e. The third-order valence-electron chi connectivity index (χ3n) is 5.14. The molecule has 0 saturated carbocycles. The summed E-state index contributed by atoms with van der Waals surface area (Å²) in [5, 5.41) is 3.91. The monoisotopic (exact) mass is 445 g/mol. The number of carbonyl (C=O) groups is 2. The average Bonchev–Trinajstić information content (AvgIpc) is 3.47. The summed E-state index contributed by atoms with van der Waals surface area (Å²) < 4.78 is 1.13. The lowest BCUT2D eigenvalue weighted by Gasteiger charge is -2.23. The van der Waals surface area contributed by atoms with E-state index in [2.05, 4.69) is 11.4 Å². The molecule has 0 radical (unpaired) electrons. The van der Waals surface area contributed by atoms with Crippen LogP contribution in [0.1, 0.15) is 10.4 Å². The average molecular weight is 446 g/mol. The molecule has 1 aromatic heterocycles. The van der Waals surface area contributed by atoms with Crippen LogP contribution in [0.5, 0.6) is 0 Å². The smallest absolute Gasteiger partial charge is 0.255 e. The number of amides is 2. The highest BCUT2D eigenvalue weighted by atomic mass is 32.2. The Bertz CT molecular complexity index is 1220. The van der Waals surface area contributed by atoms with Gasteiger partial charge in [0.25, 0.3) is 5.91 Å². The summed E-state index contributed by atoms with van der Waals surface area (Å²) in [7, 11) is 0. The number of benzene rings is 3. The second-order valence-corrected chi connectivity index (χ2v) is 9.24. The van der Waals surface area contributed by atoms with Crippen molar-refractivity contribution in [2.75, 3.05) is 16.9 Å². The SMILES string of the molecule is O=C(Nc1cccc(-c2nc3ccccc3s2)c1)[C@@H]1CSCN1C(=O)c1ccccc1. The van der Waals surface area contributed by atoms with E-state index < -0.39 is 6.04 Å². The summed E-state index contributed by atoms with van der Waals surface area (Å²) in [4.78, 5) is 32.2. The number of rotatable bonds is 4. The standard InChI is InChI=1S/C24H19N3O2S2/c28-22(20-14-30-15-27(20)24(29)16-7-2-1-3-8-16)25-18-10-6-9-17(13-18)23-26-19-11-4-5-12-21(19)31-23/h1-13,20H,14-15H2,(H,25,28)/t20-/m0/s1. The zero-order chi connectivity index (χ0) is 21.2. The van der Waals surface area contributed by atoms with Crippen molar-refractivity contribution < 1.29 is 9.59 Å². The molecule has 2 amide bonds. The van der Waals surface area contributed by atoms with Gasteiger partial charge >= 0.3 is 0 Å². The Morgan fingerprint density at radius 1 is 0.968 bits per heavy atom. The number of thiazole rings is 1. The third-order valence-corrected chi connectivity index (χ3v) is 7.24. The second kappa shape index (κ2) is 8.53. The van der Waals surface area contributed by atoms with Crippen molar-refractivity contribution in [2.24, 2.45) is 0 Å². The molecule has 3 aromatic carbocycles. The van der Waals surface area contributed by atoms with E-state index in [0.717, 1.165) is 20.8 Å². The van der Waals surface area contributed by atoms with E-state index in [0.29, 0.717) is 22.9 Å². The van der Waals surface area contributed by atoms with Gasteiger partial charge in [-0.3, -0.25) is 9.59 Å². The van der Waals surface area contributed by atoms with Gasteiger partial charge in [0.1, 0.15) is 11.0 Å². The molecule has 0 spiro atoms. The molecule has 0 aliphatic carbocycles. The molecule has 31 heavy (non-hydrogen) atoms. The number of anilines is 1. The molecule has 1 atom stereocenters. The van der Waals surface area contributed by atoms with Gasteiger partial charge in [-0.25, -0.2) is 4.98 Å². The zero-order valence-electron chi connectivity index (χ0n) is 16.5. The number of nitrogens with zero attached hydrogens (tertiary/aromatic N) is 2. The predicted molar refractivity (Wildman–Crippen MR) is 127 cm³/mol. The first-order valence-electron chi connectivity index (χ1n) is 9.90. The Morgan fingerprint density at radius 2 is 1.77 bits per heavy atom. The summed E-state index contributed by atoms with van der Waals surface area (Å²) in [6, 6.07) is 24.3. The molecule has 2 heterocycles. The molecule has 1 saturated heterocycles. The van der Waals surface area contributed by atoms with Crippen molar-refractivity contribution in [3.05, 3.63) is 84.4 Å². The van der Waals surface area contributed by atoms with Crippen LogP contribution in [-0.2, 0) is 4.79 Å². The van der Waals surface area contributed by atoms with Crippen molar-refractivity contribution >= 4 is 50.8 Å². The van der Waals surface area contributed by atoms with Crippen molar-refractivity contribution in [1.82, 2.24) is 9.88 Å². The second-order valence-electron chi connectivity index (χ2n) is 7.21. The van der Waals surface area contributed by atoms with Crippen molar-refractivity contribution in [2.45, 2.75) is 6.04 Å². The van der Waals surface area contributed by atoms with Crippen LogP contribution in [0.2, 0.25) is 0 Å². The normalized spacial score (nSPS) is 15.9. The van der Waals surface area contributed by atoms with Crippen LogP contribution in [-0.4, -0.2) is 39.4 Å². The molecule has 4 aromatic rings. The van der Waals surface area contributed by atoms with Crippen LogP contribution in [0, 0.1) is 0 Å². The third kappa shape index (κ3) is 4.06. The van der Waals surface area contributed by atoms with Gasteiger partial charge in [0.2, 0.25) is 5.91 Å². The molecule has 1 N–H and O–H groups in total. The summed E-state index contributed by atoms with van der Waals surface area (Å²) in [6.07, 6.45) is 0. The molecule has 1 aliphatic rings. The number of aromatic nitrogens is 1. The number of nitrogens with one attached hydrogen (secondary N) is 1. The number of para-hydroxylation sites is 1. The van der Waals surface area contributed by atoms with E-state index in [1.807, 2.05) is 60.7 Å². The number of thioether (sulfide) groups is 1. The van der Waals surface area contributed by atoms with Gasteiger partial charge in [-0.05, 0) is 36.4 Å². The quantitative estimate of drug-likeness (QED) is 0.474. The van der Waals surface area contributed by atoms with Crippen LogP contribution in [0.15, 0.2) is 78.9 Å². The van der Waals surface area contributed by atoms with Gasteiger partial charge in [0, 0.05) is 22.6 Å². The first-order chi connectivity index (χ1) is 15.2. The molecule has 5 rings (SSSR count). The Morgan fingerprint density at radius 3 is 2.61 bits per heavy atom. The lowest BCUT2D eigenvalue weighted by molar-refractivity contribution is -0.119. The maximum absolute atomic E-state index is 13.0. The highest BCUT2D eigenvalue weighted by Gasteiger charge is 2.35. The van der Waals surface area contributed by atoms with Gasteiger partial charge in [-0.2, -0.15) is 0 Å². The van der Waals surface area contributed by atoms with E-state index in [1.165, 1.54) is 0 Å². The highest BCUT2D eigenvalue weighted by Crippen LogP contribution is 2.31. The summed E-state index contributed by atoms with van der Waals surface area (Å²) in [6.45, 7) is 0. The highest BCUT2D eigenvalue weighted by molar-refractivity contribution is 7.99. The molecular weight excluding hydrogens is 426 g/mol. The molecule has 1 fully saturated rings. The van der Waals surface area contributed by atoms with Gasteiger partial charge in [-0.15, -0.1) is 23.1 Å². The van der Waals surface area contributed by atoms with E-state index in [1.54, 1.807) is 40.1 Å². The van der Waals surface area contributed by atoms with Gasteiger partial charge in [0.05, 0.1) is 16.1 Å². The van der Waals surface area contributed by atoms with Gasteiger partial charge in [-0.1, -0.05) is 42.5 Å². The minimum absolute atomic E-state index is 0.117. The number of hydrogen-bond donors (Lipinski definition) is 1. The zero-order valence-corrected chi connectivity index (χ0v) is 18.2.